The summed E-state index contributed by atoms with van der Waals surface area (Å²) in [6.45, 7) is 2.33. The zero-order valence-corrected chi connectivity index (χ0v) is 11.5. The first-order valence-corrected chi connectivity index (χ1v) is 6.90. The molecule has 0 aromatic rings. The molecule has 1 heterocycles. The molecule has 1 saturated heterocycles. The number of piperidine rings is 1. The van der Waals surface area contributed by atoms with Gasteiger partial charge in [-0.05, 0) is 38.3 Å². The van der Waals surface area contributed by atoms with Crippen LogP contribution in [0.25, 0.3) is 0 Å². The average molecular weight is 278 g/mol. The quantitative estimate of drug-likeness (QED) is 0.684. The molecule has 0 spiro atoms. The van der Waals surface area contributed by atoms with Gasteiger partial charge in [-0.25, -0.2) is 8.78 Å². The largest absolute Gasteiger partial charge is 0.375 e. The van der Waals surface area contributed by atoms with Crippen molar-refractivity contribution in [1.29, 1.82) is 0 Å². The van der Waals surface area contributed by atoms with E-state index in [0.29, 0.717) is 5.92 Å². The molecule has 112 valence electrons. The SMILES string of the molecule is CN(CCC1CCNCC1)C(=O)CCOCC(F)F. The zero-order valence-electron chi connectivity index (χ0n) is 11.5. The lowest BCUT2D eigenvalue weighted by molar-refractivity contribution is -0.131. The summed E-state index contributed by atoms with van der Waals surface area (Å²) in [4.78, 5) is 13.4. The number of hydrogen-bond donors (Lipinski definition) is 1. The first kappa shape index (κ1) is 16.3. The van der Waals surface area contributed by atoms with Gasteiger partial charge in [-0.2, -0.15) is 0 Å². The van der Waals surface area contributed by atoms with E-state index >= 15 is 0 Å². The normalized spacial score (nSPS) is 16.8. The Bertz CT molecular complexity index is 259. The van der Waals surface area contributed by atoms with Crippen LogP contribution in [0.1, 0.15) is 25.7 Å². The highest BCUT2D eigenvalue weighted by Gasteiger charge is 2.15. The van der Waals surface area contributed by atoms with E-state index in [4.69, 9.17) is 4.74 Å². The van der Waals surface area contributed by atoms with Crippen molar-refractivity contribution in [3.8, 4) is 0 Å². The first-order chi connectivity index (χ1) is 9.09. The smallest absolute Gasteiger partial charge is 0.261 e. The number of hydrogen-bond acceptors (Lipinski definition) is 3. The van der Waals surface area contributed by atoms with Gasteiger partial charge >= 0.3 is 0 Å². The second-order valence-corrected chi connectivity index (χ2v) is 5.01. The third kappa shape index (κ3) is 7.42. The molecule has 1 rings (SSSR count). The highest BCUT2D eigenvalue weighted by Crippen LogP contribution is 2.16. The number of nitrogens with one attached hydrogen (secondary N) is 1. The molecule has 6 heteroatoms. The van der Waals surface area contributed by atoms with Gasteiger partial charge < -0.3 is 15.0 Å². The fourth-order valence-electron chi connectivity index (χ4n) is 2.19. The van der Waals surface area contributed by atoms with Gasteiger partial charge in [0.05, 0.1) is 13.0 Å². The summed E-state index contributed by atoms with van der Waals surface area (Å²) in [6, 6.07) is 0. The lowest BCUT2D eigenvalue weighted by atomic mass is 9.94. The predicted octanol–water partition coefficient (Wildman–Crippen LogP) is 1.51. The van der Waals surface area contributed by atoms with Crippen molar-refractivity contribution >= 4 is 5.91 Å². The fraction of sp³-hybridized carbons (Fsp3) is 0.923. The average Bonchev–Trinajstić information content (AvgIpc) is 2.41. The van der Waals surface area contributed by atoms with E-state index in [1.807, 2.05) is 0 Å². The number of rotatable bonds is 8. The van der Waals surface area contributed by atoms with Crippen LogP contribution in [-0.4, -0.2) is 57.1 Å². The number of ether oxygens (including phenoxy) is 1. The van der Waals surface area contributed by atoms with Crippen LogP contribution in [0.3, 0.4) is 0 Å². The predicted molar refractivity (Wildman–Crippen MR) is 69.3 cm³/mol. The molecule has 4 nitrogen and oxygen atoms in total. The molecule has 0 radical (unpaired) electrons. The summed E-state index contributed by atoms with van der Waals surface area (Å²) >= 11 is 0. The van der Waals surface area contributed by atoms with Crippen LogP contribution >= 0.6 is 0 Å². The molecule has 0 aromatic carbocycles. The Hall–Kier alpha value is -0.750. The summed E-state index contributed by atoms with van der Waals surface area (Å²) in [6.07, 6.45) is 1.06. The van der Waals surface area contributed by atoms with Crippen molar-refractivity contribution < 1.29 is 18.3 Å². The van der Waals surface area contributed by atoms with Crippen LogP contribution in [0.2, 0.25) is 0 Å². The third-order valence-corrected chi connectivity index (χ3v) is 3.46. The molecule has 1 fully saturated rings. The Kier molecular flexibility index (Phi) is 7.90. The van der Waals surface area contributed by atoms with Gasteiger partial charge in [0.2, 0.25) is 5.91 Å². The molecular formula is C13H24F2N2O2. The number of halogens is 2. The molecule has 0 unspecified atom stereocenters. The van der Waals surface area contributed by atoms with E-state index in [1.54, 1.807) is 11.9 Å². The molecule has 0 aromatic heterocycles. The monoisotopic (exact) mass is 278 g/mol. The van der Waals surface area contributed by atoms with E-state index in [-0.39, 0.29) is 18.9 Å². The maximum Gasteiger partial charge on any atom is 0.261 e. The molecule has 0 aliphatic carbocycles. The Morgan fingerprint density at radius 2 is 2.11 bits per heavy atom. The Balaban J connectivity index is 2.07. The number of carbonyl (C=O) groups excluding carboxylic acids is 1. The highest BCUT2D eigenvalue weighted by molar-refractivity contribution is 5.75. The summed E-state index contributed by atoms with van der Waals surface area (Å²) in [5, 5.41) is 3.31. The maximum atomic E-state index is 11.8. The van der Waals surface area contributed by atoms with Crippen LogP contribution in [0.5, 0.6) is 0 Å². The minimum atomic E-state index is -2.47. The fourth-order valence-corrected chi connectivity index (χ4v) is 2.19. The van der Waals surface area contributed by atoms with Gasteiger partial charge in [0.1, 0.15) is 6.61 Å². The van der Waals surface area contributed by atoms with Crippen LogP contribution < -0.4 is 5.32 Å². The van der Waals surface area contributed by atoms with Gasteiger partial charge in [0.15, 0.2) is 0 Å². The molecule has 0 bridgehead atoms. The van der Waals surface area contributed by atoms with Crippen molar-refractivity contribution in [2.45, 2.75) is 32.1 Å². The van der Waals surface area contributed by atoms with Gasteiger partial charge in [0, 0.05) is 13.6 Å². The Morgan fingerprint density at radius 3 is 2.74 bits per heavy atom. The first-order valence-electron chi connectivity index (χ1n) is 6.90. The van der Waals surface area contributed by atoms with E-state index in [0.717, 1.165) is 26.1 Å². The summed E-state index contributed by atoms with van der Waals surface area (Å²) in [5.41, 5.74) is 0. The number of nitrogens with zero attached hydrogens (tertiary/aromatic N) is 1. The van der Waals surface area contributed by atoms with E-state index in [9.17, 15) is 13.6 Å². The van der Waals surface area contributed by atoms with Gasteiger partial charge in [0.25, 0.3) is 6.43 Å². The van der Waals surface area contributed by atoms with Crippen molar-refractivity contribution in [2.24, 2.45) is 5.92 Å². The molecule has 1 amide bonds. The van der Waals surface area contributed by atoms with Crippen LogP contribution in [-0.2, 0) is 9.53 Å². The van der Waals surface area contributed by atoms with Crippen molar-refractivity contribution in [2.75, 3.05) is 39.9 Å². The molecule has 0 saturated carbocycles. The highest BCUT2D eigenvalue weighted by atomic mass is 19.3. The topological polar surface area (TPSA) is 41.6 Å². The Morgan fingerprint density at radius 1 is 1.42 bits per heavy atom. The van der Waals surface area contributed by atoms with E-state index < -0.39 is 13.0 Å². The van der Waals surface area contributed by atoms with Crippen molar-refractivity contribution in [3.63, 3.8) is 0 Å². The maximum absolute atomic E-state index is 11.8. The molecular weight excluding hydrogens is 254 g/mol. The van der Waals surface area contributed by atoms with Crippen LogP contribution in [0.15, 0.2) is 0 Å². The lowest BCUT2D eigenvalue weighted by Crippen LogP contribution is -2.33. The molecule has 19 heavy (non-hydrogen) atoms. The number of carbonyl (C=O) groups is 1. The zero-order chi connectivity index (χ0) is 14.1. The van der Waals surface area contributed by atoms with Crippen LogP contribution in [0, 0.1) is 5.92 Å². The minimum Gasteiger partial charge on any atom is -0.375 e. The molecule has 0 atom stereocenters. The molecule has 1 aliphatic heterocycles. The third-order valence-electron chi connectivity index (χ3n) is 3.46. The van der Waals surface area contributed by atoms with Crippen LogP contribution in [0.4, 0.5) is 8.78 Å². The molecule has 1 aliphatic rings. The van der Waals surface area contributed by atoms with Gasteiger partial charge in [-0.15, -0.1) is 0 Å². The van der Waals surface area contributed by atoms with E-state index in [1.165, 1.54) is 12.8 Å². The Labute approximate surface area is 113 Å². The van der Waals surface area contributed by atoms with Gasteiger partial charge in [-0.3, -0.25) is 4.79 Å². The summed E-state index contributed by atoms with van der Waals surface area (Å²) < 4.78 is 28.3. The second kappa shape index (κ2) is 9.20. The van der Waals surface area contributed by atoms with Crippen molar-refractivity contribution in [3.05, 3.63) is 0 Å². The molecule has 1 N–H and O–H groups in total. The lowest BCUT2D eigenvalue weighted by Gasteiger charge is -2.25. The van der Waals surface area contributed by atoms with Crippen molar-refractivity contribution in [1.82, 2.24) is 10.2 Å². The second-order valence-electron chi connectivity index (χ2n) is 5.01. The van der Waals surface area contributed by atoms with Gasteiger partial charge in [-0.1, -0.05) is 0 Å². The number of alkyl halides is 2. The standard InChI is InChI=1S/C13H24F2N2O2/c1-17(8-4-11-2-6-16-7-3-11)13(18)5-9-19-10-12(14)15/h11-12,16H,2-10H2,1H3. The summed E-state index contributed by atoms with van der Waals surface area (Å²) in [5.74, 6) is 0.648. The summed E-state index contributed by atoms with van der Waals surface area (Å²) in [7, 11) is 1.76. The minimum absolute atomic E-state index is 0.0387. The van der Waals surface area contributed by atoms with E-state index in [2.05, 4.69) is 5.32 Å². The number of amides is 1.